The molecule has 0 unspecified atom stereocenters. The van der Waals surface area contributed by atoms with Crippen molar-refractivity contribution in [3.63, 3.8) is 0 Å². The van der Waals surface area contributed by atoms with E-state index in [2.05, 4.69) is 25.3 Å². The second-order valence-electron chi connectivity index (χ2n) is 6.22. The van der Waals surface area contributed by atoms with Gasteiger partial charge in [-0.15, -0.1) is 0 Å². The number of carbonyl (C=O) groups excluding carboxylic acids is 2. The average Bonchev–Trinajstić information content (AvgIpc) is 3.19. The molecule has 0 bridgehead atoms. The van der Waals surface area contributed by atoms with Crippen LogP contribution in [0.2, 0.25) is 5.02 Å². The van der Waals surface area contributed by atoms with Crippen molar-refractivity contribution in [3.8, 4) is 11.5 Å². The molecule has 0 aliphatic carbocycles. The first-order valence-corrected chi connectivity index (χ1v) is 9.13. The molecule has 9 nitrogen and oxygen atoms in total. The number of aromatic amines is 1. The zero-order chi connectivity index (χ0) is 21.3. The molecule has 3 aromatic heterocycles. The number of nitrogens with one attached hydrogen (secondary N) is 2. The van der Waals surface area contributed by atoms with Gasteiger partial charge in [0.15, 0.2) is 5.78 Å². The van der Waals surface area contributed by atoms with Gasteiger partial charge in [0.25, 0.3) is 5.91 Å². The van der Waals surface area contributed by atoms with Crippen molar-refractivity contribution >= 4 is 40.1 Å². The minimum absolute atomic E-state index is 0.202. The third kappa shape index (κ3) is 3.53. The number of ketones is 1. The van der Waals surface area contributed by atoms with Gasteiger partial charge < -0.3 is 20.8 Å². The van der Waals surface area contributed by atoms with Gasteiger partial charge in [-0.1, -0.05) is 11.6 Å². The molecular formula is C20H15ClN6O3. The number of H-pyrrole nitrogens is 1. The third-order valence-electron chi connectivity index (χ3n) is 4.36. The lowest BCUT2D eigenvalue weighted by Crippen LogP contribution is -2.18. The number of anilines is 1. The summed E-state index contributed by atoms with van der Waals surface area (Å²) in [4.78, 5) is 39.5. The van der Waals surface area contributed by atoms with Gasteiger partial charge in [0.05, 0.1) is 22.2 Å². The molecule has 1 amide bonds. The predicted octanol–water partition coefficient (Wildman–Crippen LogP) is 2.97. The summed E-state index contributed by atoms with van der Waals surface area (Å²) in [6, 6.07) is 7.85. The standard InChI is InChI=1S/C20H15ClN6O3/c1-23-20(29)15-5-3-11(7-24-15)30-10-2-4-12(14(21)6-10)17(28)13-8-25-19-16(13)18(22)26-9-27-19/h2-9H,1H3,(H,23,29)(H3,22,25,26,27). The number of rotatable bonds is 5. The molecular weight excluding hydrogens is 408 g/mol. The van der Waals surface area contributed by atoms with Gasteiger partial charge in [0.2, 0.25) is 0 Å². The van der Waals surface area contributed by atoms with E-state index in [1.54, 1.807) is 18.2 Å². The number of fused-ring (bicyclic) bond motifs is 1. The molecule has 0 atom stereocenters. The van der Waals surface area contributed by atoms with Gasteiger partial charge in [0.1, 0.15) is 35.0 Å². The molecule has 4 N–H and O–H groups in total. The molecule has 0 fully saturated rings. The van der Waals surface area contributed by atoms with Crippen molar-refractivity contribution in [2.75, 3.05) is 12.8 Å². The Hall–Kier alpha value is -3.98. The van der Waals surface area contributed by atoms with E-state index in [0.717, 1.165) is 0 Å². The van der Waals surface area contributed by atoms with E-state index < -0.39 is 0 Å². The fraction of sp³-hybridized carbons (Fsp3) is 0.0500. The number of amides is 1. The Bertz CT molecular complexity index is 1270. The highest BCUT2D eigenvalue weighted by molar-refractivity contribution is 6.35. The SMILES string of the molecule is CNC(=O)c1ccc(Oc2ccc(C(=O)c3c[nH]c4ncnc(N)c34)c(Cl)c2)cn1. The van der Waals surface area contributed by atoms with Gasteiger partial charge in [-0.3, -0.25) is 9.59 Å². The number of benzene rings is 1. The summed E-state index contributed by atoms with van der Waals surface area (Å²) < 4.78 is 5.71. The van der Waals surface area contributed by atoms with Gasteiger partial charge in [-0.25, -0.2) is 15.0 Å². The Morgan fingerprint density at radius 2 is 1.90 bits per heavy atom. The van der Waals surface area contributed by atoms with Crippen molar-refractivity contribution in [2.45, 2.75) is 0 Å². The van der Waals surface area contributed by atoms with Crippen molar-refractivity contribution in [1.82, 2.24) is 25.3 Å². The number of nitrogens with zero attached hydrogens (tertiary/aromatic N) is 3. The maximum Gasteiger partial charge on any atom is 0.269 e. The summed E-state index contributed by atoms with van der Waals surface area (Å²) in [5.74, 6) is 0.409. The highest BCUT2D eigenvalue weighted by Crippen LogP contribution is 2.30. The Morgan fingerprint density at radius 3 is 2.60 bits per heavy atom. The van der Waals surface area contributed by atoms with E-state index >= 15 is 0 Å². The zero-order valence-corrected chi connectivity index (χ0v) is 16.4. The third-order valence-corrected chi connectivity index (χ3v) is 4.67. The topological polar surface area (TPSA) is 136 Å². The molecule has 0 spiro atoms. The van der Waals surface area contributed by atoms with Gasteiger partial charge in [0, 0.05) is 24.9 Å². The molecule has 30 heavy (non-hydrogen) atoms. The molecule has 4 aromatic rings. The molecule has 0 saturated carbocycles. The van der Waals surface area contributed by atoms with Crippen molar-refractivity contribution < 1.29 is 14.3 Å². The molecule has 3 heterocycles. The minimum Gasteiger partial charge on any atom is -0.456 e. The number of nitrogens with two attached hydrogens (primary N) is 1. The van der Waals surface area contributed by atoms with Crippen LogP contribution in [0, 0.1) is 0 Å². The van der Waals surface area contributed by atoms with Crippen LogP contribution in [0.1, 0.15) is 26.4 Å². The molecule has 150 valence electrons. The zero-order valence-electron chi connectivity index (χ0n) is 15.6. The Labute approximate surface area is 175 Å². The van der Waals surface area contributed by atoms with E-state index in [0.29, 0.717) is 28.1 Å². The first kappa shape index (κ1) is 19.3. The predicted molar refractivity (Wildman–Crippen MR) is 111 cm³/mol. The lowest BCUT2D eigenvalue weighted by atomic mass is 10.0. The van der Waals surface area contributed by atoms with Crippen LogP contribution < -0.4 is 15.8 Å². The fourth-order valence-corrected chi connectivity index (χ4v) is 3.15. The second-order valence-corrected chi connectivity index (χ2v) is 6.62. The minimum atomic E-state index is -0.323. The number of hydrogen-bond acceptors (Lipinski definition) is 7. The van der Waals surface area contributed by atoms with Crippen LogP contribution >= 0.6 is 11.6 Å². The molecule has 0 aliphatic heterocycles. The molecule has 10 heteroatoms. The molecule has 0 radical (unpaired) electrons. The van der Waals surface area contributed by atoms with E-state index in [1.165, 1.54) is 37.9 Å². The van der Waals surface area contributed by atoms with Gasteiger partial charge in [-0.05, 0) is 24.3 Å². The van der Waals surface area contributed by atoms with Gasteiger partial charge in [-0.2, -0.15) is 0 Å². The second kappa shape index (κ2) is 7.80. The monoisotopic (exact) mass is 422 g/mol. The summed E-state index contributed by atoms with van der Waals surface area (Å²) in [7, 11) is 1.52. The van der Waals surface area contributed by atoms with Gasteiger partial charge >= 0.3 is 0 Å². The maximum atomic E-state index is 13.0. The lowest BCUT2D eigenvalue weighted by molar-refractivity contribution is 0.0957. The smallest absolute Gasteiger partial charge is 0.269 e. The Kier molecular flexibility index (Phi) is 5.03. The Balaban J connectivity index is 1.58. The number of aromatic nitrogens is 4. The molecule has 1 aromatic carbocycles. The number of pyridine rings is 1. The van der Waals surface area contributed by atoms with Crippen LogP contribution in [0.3, 0.4) is 0 Å². The fourth-order valence-electron chi connectivity index (χ4n) is 2.89. The van der Waals surface area contributed by atoms with E-state index in [-0.39, 0.29) is 33.8 Å². The number of hydrogen-bond donors (Lipinski definition) is 3. The van der Waals surface area contributed by atoms with Crippen LogP contribution in [0.15, 0.2) is 49.1 Å². The van der Waals surface area contributed by atoms with Crippen LogP contribution in [0.5, 0.6) is 11.5 Å². The quantitative estimate of drug-likeness (QED) is 0.420. The van der Waals surface area contributed by atoms with E-state index in [9.17, 15) is 9.59 Å². The highest BCUT2D eigenvalue weighted by atomic mass is 35.5. The number of halogens is 1. The van der Waals surface area contributed by atoms with Crippen molar-refractivity contribution in [2.24, 2.45) is 0 Å². The largest absolute Gasteiger partial charge is 0.456 e. The Morgan fingerprint density at radius 1 is 1.10 bits per heavy atom. The van der Waals surface area contributed by atoms with Crippen LogP contribution in [0.4, 0.5) is 5.82 Å². The van der Waals surface area contributed by atoms with Crippen LogP contribution in [-0.4, -0.2) is 38.7 Å². The first-order chi connectivity index (χ1) is 14.5. The summed E-state index contributed by atoms with van der Waals surface area (Å²) in [5.41, 5.74) is 7.24. The van der Waals surface area contributed by atoms with Crippen LogP contribution in [-0.2, 0) is 0 Å². The van der Waals surface area contributed by atoms with E-state index in [4.69, 9.17) is 22.1 Å². The molecule has 0 saturated heterocycles. The summed E-state index contributed by atoms with van der Waals surface area (Å²) in [6.07, 6.45) is 4.27. The summed E-state index contributed by atoms with van der Waals surface area (Å²) in [6.45, 7) is 0. The van der Waals surface area contributed by atoms with Crippen molar-refractivity contribution in [3.05, 3.63) is 70.9 Å². The first-order valence-electron chi connectivity index (χ1n) is 8.75. The highest BCUT2D eigenvalue weighted by Gasteiger charge is 2.20. The maximum absolute atomic E-state index is 13.0. The lowest BCUT2D eigenvalue weighted by Gasteiger charge is -2.09. The molecule has 4 rings (SSSR count). The van der Waals surface area contributed by atoms with Crippen LogP contribution in [0.25, 0.3) is 11.0 Å². The normalized spacial score (nSPS) is 10.7. The number of nitrogen functional groups attached to an aromatic ring is 1. The number of ether oxygens (including phenoxy) is 1. The number of carbonyl (C=O) groups is 2. The van der Waals surface area contributed by atoms with Crippen molar-refractivity contribution in [1.29, 1.82) is 0 Å². The average molecular weight is 423 g/mol. The summed E-state index contributed by atoms with van der Waals surface area (Å²) >= 11 is 6.34. The summed E-state index contributed by atoms with van der Waals surface area (Å²) in [5, 5.41) is 3.14. The molecule has 0 aliphatic rings. The van der Waals surface area contributed by atoms with E-state index in [1.807, 2.05) is 0 Å².